The first-order valence-corrected chi connectivity index (χ1v) is 13.4. The zero-order chi connectivity index (χ0) is 28.3. The molecule has 1 saturated carbocycles. The first kappa shape index (κ1) is 28.3. The second kappa shape index (κ2) is 9.51. The van der Waals surface area contributed by atoms with E-state index in [1.807, 2.05) is 0 Å². The van der Waals surface area contributed by atoms with Gasteiger partial charge in [-0.3, -0.25) is 0 Å². The standard InChI is InChI=1S/C25H26F7N3O2S/c1-23(2,3)13-35-12-17(21(25(30,31)32)34-38(36,37)14-7-6-8-14)16-11-19(26)20(33-22(16)35)15-9-4-5-10-18(15)24(27,28)29/h4-5,9-12,14,21,34H,6-8,13H2,1-3H3/t21-/m0/s1. The van der Waals surface area contributed by atoms with E-state index in [0.717, 1.165) is 24.4 Å². The molecule has 0 amide bonds. The second-order valence-electron chi connectivity index (χ2n) is 10.7. The lowest BCUT2D eigenvalue weighted by molar-refractivity contribution is -0.152. The maximum Gasteiger partial charge on any atom is 0.417 e. The number of halogens is 7. The summed E-state index contributed by atoms with van der Waals surface area (Å²) in [6.07, 6.45) is -7.85. The summed E-state index contributed by atoms with van der Waals surface area (Å²) >= 11 is 0. The van der Waals surface area contributed by atoms with E-state index in [1.54, 1.807) is 25.5 Å². The molecule has 1 aliphatic carbocycles. The monoisotopic (exact) mass is 565 g/mol. The van der Waals surface area contributed by atoms with Crippen molar-refractivity contribution in [3.8, 4) is 11.3 Å². The highest BCUT2D eigenvalue weighted by Crippen LogP contribution is 2.42. The molecule has 0 aliphatic heterocycles. The molecular weight excluding hydrogens is 539 g/mol. The van der Waals surface area contributed by atoms with Crippen LogP contribution in [0.15, 0.2) is 36.5 Å². The molecule has 2 heterocycles. The van der Waals surface area contributed by atoms with Gasteiger partial charge in [0, 0.05) is 29.3 Å². The molecular formula is C25H26F7N3O2S. The molecule has 1 aromatic carbocycles. The van der Waals surface area contributed by atoms with E-state index in [1.165, 1.54) is 10.6 Å². The van der Waals surface area contributed by atoms with Gasteiger partial charge in [0.05, 0.1) is 10.8 Å². The number of fused-ring (bicyclic) bond motifs is 1. The number of aromatic nitrogens is 2. The number of nitrogens with zero attached hydrogens (tertiary/aromatic N) is 2. The number of nitrogens with one attached hydrogen (secondary N) is 1. The van der Waals surface area contributed by atoms with Crippen LogP contribution in [0.25, 0.3) is 22.3 Å². The molecule has 5 nitrogen and oxygen atoms in total. The summed E-state index contributed by atoms with van der Waals surface area (Å²) in [5.41, 5.74) is -3.70. The highest BCUT2D eigenvalue weighted by Gasteiger charge is 2.47. The van der Waals surface area contributed by atoms with Crippen LogP contribution in [-0.2, 0) is 22.7 Å². The van der Waals surface area contributed by atoms with Gasteiger partial charge >= 0.3 is 12.4 Å². The smallest absolute Gasteiger partial charge is 0.332 e. The summed E-state index contributed by atoms with van der Waals surface area (Å²) in [5, 5.41) is -1.31. The summed E-state index contributed by atoms with van der Waals surface area (Å²) in [7, 11) is -4.35. The number of rotatable bonds is 6. The van der Waals surface area contributed by atoms with Crippen LogP contribution in [-0.4, -0.2) is 29.4 Å². The van der Waals surface area contributed by atoms with Crippen LogP contribution in [0, 0.1) is 11.2 Å². The Balaban J connectivity index is 1.95. The largest absolute Gasteiger partial charge is 0.417 e. The molecule has 3 aromatic rings. The van der Waals surface area contributed by atoms with Crippen LogP contribution < -0.4 is 4.72 Å². The minimum Gasteiger partial charge on any atom is -0.332 e. The van der Waals surface area contributed by atoms with E-state index in [2.05, 4.69) is 4.98 Å². The quantitative estimate of drug-likeness (QED) is 0.328. The highest BCUT2D eigenvalue weighted by atomic mass is 32.2. The molecule has 1 aliphatic rings. The Morgan fingerprint density at radius 3 is 2.24 bits per heavy atom. The maximum atomic E-state index is 15.3. The highest BCUT2D eigenvalue weighted by molar-refractivity contribution is 7.90. The zero-order valence-electron chi connectivity index (χ0n) is 20.7. The molecule has 0 bridgehead atoms. The topological polar surface area (TPSA) is 64.0 Å². The molecule has 0 unspecified atom stereocenters. The van der Waals surface area contributed by atoms with Crippen LogP contribution >= 0.6 is 0 Å². The Bertz CT molecular complexity index is 1450. The molecule has 0 radical (unpaired) electrons. The Morgan fingerprint density at radius 2 is 1.71 bits per heavy atom. The van der Waals surface area contributed by atoms with E-state index >= 15 is 4.39 Å². The van der Waals surface area contributed by atoms with Gasteiger partial charge in [-0.25, -0.2) is 17.8 Å². The Kier molecular flexibility index (Phi) is 7.09. The lowest BCUT2D eigenvalue weighted by Gasteiger charge is -2.29. The van der Waals surface area contributed by atoms with Crippen molar-refractivity contribution in [1.29, 1.82) is 0 Å². The van der Waals surface area contributed by atoms with E-state index < -0.39 is 67.3 Å². The summed E-state index contributed by atoms with van der Waals surface area (Å²) in [6, 6.07) is 2.18. The van der Waals surface area contributed by atoms with Gasteiger partial charge in [0.25, 0.3) is 0 Å². The van der Waals surface area contributed by atoms with Crippen molar-refractivity contribution in [3.63, 3.8) is 0 Å². The normalized spacial score (nSPS) is 16.6. The number of benzene rings is 1. The van der Waals surface area contributed by atoms with E-state index in [0.29, 0.717) is 12.5 Å². The number of hydrogen-bond acceptors (Lipinski definition) is 3. The van der Waals surface area contributed by atoms with Crippen LogP contribution in [0.5, 0.6) is 0 Å². The van der Waals surface area contributed by atoms with Crippen LogP contribution in [0.4, 0.5) is 30.7 Å². The van der Waals surface area contributed by atoms with Crippen LogP contribution in [0.1, 0.15) is 57.2 Å². The first-order chi connectivity index (χ1) is 17.4. The molecule has 4 rings (SSSR count). The average molecular weight is 566 g/mol. The molecule has 1 N–H and O–H groups in total. The summed E-state index contributed by atoms with van der Waals surface area (Å²) in [4.78, 5) is 4.09. The summed E-state index contributed by atoms with van der Waals surface area (Å²) in [6.45, 7) is 5.41. The fourth-order valence-corrected chi connectivity index (χ4v) is 6.18. The van der Waals surface area contributed by atoms with Gasteiger partial charge in [-0.15, -0.1) is 0 Å². The Hall–Kier alpha value is -2.67. The zero-order valence-corrected chi connectivity index (χ0v) is 21.5. The maximum absolute atomic E-state index is 15.3. The minimum atomic E-state index is -5.09. The van der Waals surface area contributed by atoms with E-state index in [4.69, 9.17) is 0 Å². The third-order valence-corrected chi connectivity index (χ3v) is 8.29. The molecule has 0 saturated heterocycles. The lowest BCUT2D eigenvalue weighted by atomic mass is 9.97. The second-order valence-corrected chi connectivity index (χ2v) is 12.7. The molecule has 38 heavy (non-hydrogen) atoms. The third kappa shape index (κ3) is 5.68. The molecule has 0 spiro atoms. The van der Waals surface area contributed by atoms with Crippen molar-refractivity contribution in [2.24, 2.45) is 5.41 Å². The van der Waals surface area contributed by atoms with Gasteiger partial charge in [0.2, 0.25) is 10.0 Å². The minimum absolute atomic E-state index is 0.0719. The number of pyridine rings is 1. The van der Waals surface area contributed by atoms with Gasteiger partial charge in [-0.1, -0.05) is 45.4 Å². The summed E-state index contributed by atoms with van der Waals surface area (Å²) < 4.78 is 127. The fourth-order valence-electron chi connectivity index (χ4n) is 4.44. The molecule has 13 heteroatoms. The van der Waals surface area contributed by atoms with Gasteiger partial charge < -0.3 is 4.57 Å². The third-order valence-electron chi connectivity index (χ3n) is 6.38. The Morgan fingerprint density at radius 1 is 1.08 bits per heavy atom. The van der Waals surface area contributed by atoms with Crippen molar-refractivity contribution in [1.82, 2.24) is 14.3 Å². The van der Waals surface area contributed by atoms with E-state index in [-0.39, 0.29) is 30.4 Å². The van der Waals surface area contributed by atoms with Gasteiger partial charge in [0.1, 0.15) is 23.2 Å². The number of alkyl halides is 6. The van der Waals surface area contributed by atoms with Gasteiger partial charge in [-0.2, -0.15) is 31.1 Å². The first-order valence-electron chi connectivity index (χ1n) is 11.8. The molecule has 208 valence electrons. The van der Waals surface area contributed by atoms with Gasteiger partial charge in [-0.05, 0) is 30.4 Å². The van der Waals surface area contributed by atoms with Crippen molar-refractivity contribution in [3.05, 3.63) is 53.5 Å². The van der Waals surface area contributed by atoms with Gasteiger partial charge in [0.15, 0.2) is 0 Å². The van der Waals surface area contributed by atoms with E-state index in [9.17, 15) is 34.8 Å². The number of sulfonamides is 1. The SMILES string of the molecule is CC(C)(C)Cn1cc([C@H](NS(=O)(=O)C2CCC2)C(F)(F)F)c2cc(F)c(-c3ccccc3C(F)(F)F)nc21. The summed E-state index contributed by atoms with van der Waals surface area (Å²) in [5.74, 6) is -1.27. The van der Waals surface area contributed by atoms with Crippen LogP contribution in [0.2, 0.25) is 0 Å². The van der Waals surface area contributed by atoms with Crippen LogP contribution in [0.3, 0.4) is 0 Å². The van der Waals surface area contributed by atoms with Crippen molar-refractivity contribution < 1.29 is 39.2 Å². The fraction of sp³-hybridized carbons (Fsp3) is 0.480. The molecule has 1 fully saturated rings. The predicted octanol–water partition coefficient (Wildman–Crippen LogP) is 6.98. The molecule has 1 atom stereocenters. The van der Waals surface area contributed by atoms with Crippen molar-refractivity contribution in [2.45, 2.75) is 70.2 Å². The van der Waals surface area contributed by atoms with Crippen molar-refractivity contribution >= 4 is 21.1 Å². The predicted molar refractivity (Wildman–Crippen MR) is 128 cm³/mol. The Labute approximate surface area is 215 Å². The lowest BCUT2D eigenvalue weighted by Crippen LogP contribution is -2.44. The number of hydrogen-bond donors (Lipinski definition) is 1. The van der Waals surface area contributed by atoms with Crippen molar-refractivity contribution in [2.75, 3.05) is 0 Å². The molecule has 2 aromatic heterocycles. The average Bonchev–Trinajstić information content (AvgIpc) is 3.03.